The molecular formula is C17H26O3. The lowest BCUT2D eigenvalue weighted by molar-refractivity contribution is -0.0874. The van der Waals surface area contributed by atoms with E-state index < -0.39 is 0 Å². The third kappa shape index (κ3) is 1.47. The number of rotatable bonds is 4. The number of aliphatic hydroxyl groups excluding tert-OH is 1. The lowest BCUT2D eigenvalue weighted by atomic mass is 9.70. The molecule has 6 atom stereocenters. The summed E-state index contributed by atoms with van der Waals surface area (Å²) < 4.78 is 12.3. The van der Waals surface area contributed by atoms with Gasteiger partial charge in [-0.05, 0) is 32.6 Å². The summed E-state index contributed by atoms with van der Waals surface area (Å²) in [6.45, 7) is 6.72. The lowest BCUT2D eigenvalue weighted by Gasteiger charge is -2.32. The van der Waals surface area contributed by atoms with Crippen LogP contribution in [0.4, 0.5) is 0 Å². The van der Waals surface area contributed by atoms with Gasteiger partial charge in [-0.25, -0.2) is 0 Å². The number of epoxide rings is 1. The SMILES string of the molecule is CCCC/C(C)=C\C1C[C@@]2(C)C[C@@H](O)C(O1)C13CC12O3. The average molecular weight is 278 g/mol. The van der Waals surface area contributed by atoms with Gasteiger partial charge in [-0.1, -0.05) is 31.9 Å². The van der Waals surface area contributed by atoms with Crippen LogP contribution >= 0.6 is 0 Å². The summed E-state index contributed by atoms with van der Waals surface area (Å²) in [6.07, 6.45) is 8.57. The predicted molar refractivity (Wildman–Crippen MR) is 76.5 cm³/mol. The molecule has 0 aromatic carbocycles. The van der Waals surface area contributed by atoms with Crippen LogP contribution in [0.25, 0.3) is 0 Å². The number of unbranched alkanes of at least 4 members (excludes halogenated alkanes) is 1. The van der Waals surface area contributed by atoms with Gasteiger partial charge in [-0.15, -0.1) is 0 Å². The molecule has 3 aliphatic heterocycles. The van der Waals surface area contributed by atoms with Crippen molar-refractivity contribution >= 4 is 0 Å². The second kappa shape index (κ2) is 3.88. The van der Waals surface area contributed by atoms with Crippen molar-refractivity contribution in [2.45, 2.75) is 88.8 Å². The average Bonchev–Trinajstić information content (AvgIpc) is 3.17. The monoisotopic (exact) mass is 278 g/mol. The van der Waals surface area contributed by atoms with E-state index in [0.717, 1.165) is 25.7 Å². The first-order valence-electron chi connectivity index (χ1n) is 8.17. The number of ether oxygens (including phenoxy) is 2. The molecular weight excluding hydrogens is 252 g/mol. The molecule has 0 radical (unpaired) electrons. The fourth-order valence-electron chi connectivity index (χ4n) is 4.97. The Morgan fingerprint density at radius 3 is 2.85 bits per heavy atom. The van der Waals surface area contributed by atoms with Crippen molar-refractivity contribution in [1.29, 1.82) is 0 Å². The maximum atomic E-state index is 10.4. The van der Waals surface area contributed by atoms with Crippen molar-refractivity contribution in [2.24, 2.45) is 5.41 Å². The smallest absolute Gasteiger partial charge is 0.130 e. The van der Waals surface area contributed by atoms with E-state index in [0.29, 0.717) is 0 Å². The fourth-order valence-corrected chi connectivity index (χ4v) is 4.97. The second-order valence-electron chi connectivity index (χ2n) is 7.74. The van der Waals surface area contributed by atoms with Crippen LogP contribution in [0, 0.1) is 5.41 Å². The normalized spacial score (nSPS) is 56.0. The molecule has 4 unspecified atom stereocenters. The Bertz CT molecular complexity index is 463. The van der Waals surface area contributed by atoms with Crippen molar-refractivity contribution in [3.05, 3.63) is 11.6 Å². The Morgan fingerprint density at radius 2 is 2.15 bits per heavy atom. The maximum Gasteiger partial charge on any atom is 0.130 e. The van der Waals surface area contributed by atoms with Crippen LogP contribution in [0.5, 0.6) is 0 Å². The molecule has 2 saturated carbocycles. The summed E-state index contributed by atoms with van der Waals surface area (Å²) in [4.78, 5) is 0. The molecule has 0 aromatic rings. The standard InChI is InChI=1S/C17H26O3/c1-4-5-6-11(2)7-12-8-15(3)9-13(18)14(19-12)16-10-17(15,16)20-16/h7,12-14,18H,4-6,8-10H2,1-3H3/b11-7-/t12?,13-,14?,15+,16?,17?/m1/s1. The third-order valence-electron chi connectivity index (χ3n) is 6.20. The highest BCUT2D eigenvalue weighted by Crippen LogP contribution is 2.85. The van der Waals surface area contributed by atoms with Gasteiger partial charge in [-0.2, -0.15) is 0 Å². The van der Waals surface area contributed by atoms with Gasteiger partial charge in [0.05, 0.1) is 12.2 Å². The molecule has 112 valence electrons. The summed E-state index contributed by atoms with van der Waals surface area (Å²) in [5.41, 5.74) is 1.46. The summed E-state index contributed by atoms with van der Waals surface area (Å²) in [5, 5.41) is 10.4. The summed E-state index contributed by atoms with van der Waals surface area (Å²) in [6, 6.07) is 0. The van der Waals surface area contributed by atoms with E-state index in [-0.39, 0.29) is 34.9 Å². The number of allylic oxidation sites excluding steroid dienone is 1. The number of aliphatic hydroxyl groups is 1. The lowest BCUT2D eigenvalue weighted by Crippen LogP contribution is -2.43. The first-order chi connectivity index (χ1) is 9.46. The highest BCUT2D eigenvalue weighted by molar-refractivity contribution is 5.46. The Labute approximate surface area is 121 Å². The Balaban J connectivity index is 1.56. The highest BCUT2D eigenvalue weighted by atomic mass is 16.7. The van der Waals surface area contributed by atoms with E-state index in [1.807, 2.05) is 0 Å². The molecule has 0 amide bonds. The van der Waals surface area contributed by atoms with Crippen LogP contribution in [0.2, 0.25) is 0 Å². The van der Waals surface area contributed by atoms with Gasteiger partial charge in [0.15, 0.2) is 0 Å². The molecule has 0 spiro atoms. The van der Waals surface area contributed by atoms with Gasteiger partial charge < -0.3 is 14.6 Å². The zero-order valence-electron chi connectivity index (χ0n) is 12.8. The van der Waals surface area contributed by atoms with Crippen LogP contribution in [-0.2, 0) is 9.47 Å². The molecule has 5 aliphatic rings. The molecule has 2 bridgehead atoms. The van der Waals surface area contributed by atoms with E-state index in [1.54, 1.807) is 0 Å². The molecule has 5 rings (SSSR count). The van der Waals surface area contributed by atoms with Crippen LogP contribution in [-0.4, -0.2) is 34.6 Å². The van der Waals surface area contributed by atoms with Crippen molar-refractivity contribution in [1.82, 2.24) is 0 Å². The van der Waals surface area contributed by atoms with E-state index in [9.17, 15) is 5.11 Å². The minimum Gasteiger partial charge on any atom is -0.390 e. The zero-order chi connectivity index (χ0) is 14.2. The molecule has 1 N–H and O–H groups in total. The van der Waals surface area contributed by atoms with Gasteiger partial charge in [0, 0.05) is 11.8 Å². The predicted octanol–water partition coefficient (Wildman–Crippen LogP) is 2.96. The quantitative estimate of drug-likeness (QED) is 0.635. The Morgan fingerprint density at radius 1 is 1.40 bits per heavy atom. The first-order valence-corrected chi connectivity index (χ1v) is 8.17. The Kier molecular flexibility index (Phi) is 2.58. The van der Waals surface area contributed by atoms with Gasteiger partial charge in [0.25, 0.3) is 0 Å². The van der Waals surface area contributed by atoms with Crippen molar-refractivity contribution in [3.8, 4) is 0 Å². The maximum absolute atomic E-state index is 10.4. The minimum atomic E-state index is -0.354. The molecule has 3 heterocycles. The molecule has 3 saturated heterocycles. The van der Waals surface area contributed by atoms with Gasteiger partial charge in [-0.3, -0.25) is 0 Å². The van der Waals surface area contributed by atoms with Crippen molar-refractivity contribution in [3.63, 3.8) is 0 Å². The van der Waals surface area contributed by atoms with Gasteiger partial charge in [0.2, 0.25) is 0 Å². The first kappa shape index (κ1) is 13.3. The topological polar surface area (TPSA) is 42.0 Å². The third-order valence-corrected chi connectivity index (χ3v) is 6.20. The van der Waals surface area contributed by atoms with Gasteiger partial charge >= 0.3 is 0 Å². The number of hydrogen-bond donors (Lipinski definition) is 1. The summed E-state index contributed by atoms with van der Waals surface area (Å²) in [5.74, 6) is 0. The molecule has 3 heteroatoms. The number of fused-ring (bicyclic) bond motifs is 3. The van der Waals surface area contributed by atoms with Crippen molar-refractivity contribution in [2.75, 3.05) is 0 Å². The fraction of sp³-hybridized carbons (Fsp3) is 0.882. The van der Waals surface area contributed by atoms with Crippen LogP contribution < -0.4 is 0 Å². The highest BCUT2D eigenvalue weighted by Gasteiger charge is 2.97. The molecule has 5 fully saturated rings. The summed E-state index contributed by atoms with van der Waals surface area (Å²) in [7, 11) is 0. The van der Waals surface area contributed by atoms with Crippen LogP contribution in [0.1, 0.15) is 59.3 Å². The molecule has 0 aromatic heterocycles. The minimum absolute atomic E-state index is 0.0593. The van der Waals surface area contributed by atoms with Gasteiger partial charge in [0.1, 0.15) is 17.3 Å². The van der Waals surface area contributed by atoms with E-state index in [1.165, 1.54) is 18.4 Å². The molecule has 20 heavy (non-hydrogen) atoms. The number of hydrogen-bond acceptors (Lipinski definition) is 3. The van der Waals surface area contributed by atoms with E-state index in [2.05, 4.69) is 26.8 Å². The molecule has 3 nitrogen and oxygen atoms in total. The zero-order valence-corrected chi connectivity index (χ0v) is 12.8. The van der Waals surface area contributed by atoms with E-state index in [4.69, 9.17) is 9.47 Å². The summed E-state index contributed by atoms with van der Waals surface area (Å²) >= 11 is 0. The van der Waals surface area contributed by atoms with Crippen LogP contribution in [0.3, 0.4) is 0 Å². The largest absolute Gasteiger partial charge is 0.390 e. The Hall–Kier alpha value is -0.380. The van der Waals surface area contributed by atoms with Crippen LogP contribution in [0.15, 0.2) is 11.6 Å². The van der Waals surface area contributed by atoms with E-state index >= 15 is 0 Å². The van der Waals surface area contributed by atoms with Crippen molar-refractivity contribution < 1.29 is 14.6 Å². The second-order valence-corrected chi connectivity index (χ2v) is 7.74. The molecule has 2 aliphatic carbocycles.